The van der Waals surface area contributed by atoms with E-state index in [1.807, 2.05) is 0 Å². The molecular weight excluding hydrogens is 359 g/mol. The molecule has 2 aromatic carbocycles. The van der Waals surface area contributed by atoms with Crippen LogP contribution < -0.4 is 14.8 Å². The zero-order chi connectivity index (χ0) is 17.9. The molecule has 0 radical (unpaired) electrons. The topological polar surface area (TPSA) is 90.7 Å². The van der Waals surface area contributed by atoms with Gasteiger partial charge in [0.2, 0.25) is 0 Å². The summed E-state index contributed by atoms with van der Waals surface area (Å²) in [6.07, 6.45) is 0. The third kappa shape index (κ3) is 3.69. The first-order valence-electron chi connectivity index (χ1n) is 6.54. The fourth-order valence-corrected chi connectivity index (χ4v) is 2.39. The molecule has 24 heavy (non-hydrogen) atoms. The molecule has 0 saturated heterocycles. The molecule has 0 spiro atoms. The molecule has 0 fully saturated rings. The molecule has 9 heteroatoms. The third-order valence-corrected chi connectivity index (χ3v) is 3.65. The van der Waals surface area contributed by atoms with E-state index < -0.39 is 16.5 Å². The average Bonchev–Trinajstić information content (AvgIpc) is 2.55. The summed E-state index contributed by atoms with van der Waals surface area (Å²) in [6, 6.07) is 6.70. The van der Waals surface area contributed by atoms with Gasteiger partial charge in [0.1, 0.15) is 17.1 Å². The minimum absolute atomic E-state index is 0.139. The second-order valence-corrected chi connectivity index (χ2v) is 5.40. The van der Waals surface area contributed by atoms with Crippen LogP contribution in [0.1, 0.15) is 10.4 Å². The Kier molecular flexibility index (Phi) is 5.48. The molecule has 0 unspecified atom stereocenters. The van der Waals surface area contributed by atoms with Gasteiger partial charge in [-0.15, -0.1) is 0 Å². The van der Waals surface area contributed by atoms with Crippen molar-refractivity contribution in [2.24, 2.45) is 0 Å². The van der Waals surface area contributed by atoms with Gasteiger partial charge in [-0.3, -0.25) is 14.9 Å². The van der Waals surface area contributed by atoms with Crippen LogP contribution in [0.4, 0.5) is 11.4 Å². The number of carbonyl (C=O) groups is 1. The SMILES string of the molecule is COc1cc(NC(=O)c2ccc(Cl)cc2[N+](=O)[O-])c(OC)cc1Cl. The number of nitro benzene ring substituents is 1. The van der Waals surface area contributed by atoms with E-state index in [-0.39, 0.29) is 22.0 Å². The molecule has 1 N–H and O–H groups in total. The Balaban J connectivity index is 2.42. The van der Waals surface area contributed by atoms with Crippen LogP contribution in [0, 0.1) is 10.1 Å². The number of carbonyl (C=O) groups excluding carboxylic acids is 1. The molecule has 0 atom stereocenters. The second-order valence-electron chi connectivity index (χ2n) is 4.56. The summed E-state index contributed by atoms with van der Waals surface area (Å²) < 4.78 is 10.2. The summed E-state index contributed by atoms with van der Waals surface area (Å²) in [5, 5.41) is 14.1. The molecular formula is C15H12Cl2N2O5. The summed E-state index contributed by atoms with van der Waals surface area (Å²) >= 11 is 11.7. The van der Waals surface area contributed by atoms with Crippen molar-refractivity contribution in [2.45, 2.75) is 0 Å². The number of rotatable bonds is 5. The lowest BCUT2D eigenvalue weighted by Crippen LogP contribution is -2.14. The zero-order valence-electron chi connectivity index (χ0n) is 12.6. The number of nitrogens with zero attached hydrogens (tertiary/aromatic N) is 1. The van der Waals surface area contributed by atoms with E-state index in [9.17, 15) is 14.9 Å². The van der Waals surface area contributed by atoms with Crippen LogP contribution in [0.3, 0.4) is 0 Å². The van der Waals surface area contributed by atoms with E-state index in [1.165, 1.54) is 38.5 Å². The van der Waals surface area contributed by atoms with Crippen LogP contribution >= 0.6 is 23.2 Å². The summed E-state index contributed by atoms with van der Waals surface area (Å²) in [6.45, 7) is 0. The minimum atomic E-state index is -0.693. The highest BCUT2D eigenvalue weighted by Gasteiger charge is 2.22. The van der Waals surface area contributed by atoms with Gasteiger partial charge in [0.05, 0.1) is 29.9 Å². The zero-order valence-corrected chi connectivity index (χ0v) is 14.1. The van der Waals surface area contributed by atoms with Crippen molar-refractivity contribution in [1.29, 1.82) is 0 Å². The van der Waals surface area contributed by atoms with Crippen LogP contribution in [-0.4, -0.2) is 25.1 Å². The molecule has 0 bridgehead atoms. The Morgan fingerprint density at radius 1 is 1.12 bits per heavy atom. The highest BCUT2D eigenvalue weighted by molar-refractivity contribution is 6.32. The standard InChI is InChI=1S/C15H12Cl2N2O5/c1-23-13-7-11(14(24-2)6-10(13)17)18-15(20)9-4-3-8(16)5-12(9)19(21)22/h3-7H,1-2H3,(H,18,20). The number of nitro groups is 1. The van der Waals surface area contributed by atoms with Gasteiger partial charge >= 0.3 is 0 Å². The normalized spacial score (nSPS) is 10.2. The lowest BCUT2D eigenvalue weighted by Gasteiger charge is -2.13. The first-order valence-corrected chi connectivity index (χ1v) is 7.29. The maximum atomic E-state index is 12.4. The highest BCUT2D eigenvalue weighted by Crippen LogP contribution is 2.36. The number of hydrogen-bond acceptors (Lipinski definition) is 5. The monoisotopic (exact) mass is 370 g/mol. The van der Waals surface area contributed by atoms with Crippen LogP contribution in [-0.2, 0) is 0 Å². The second kappa shape index (κ2) is 7.37. The number of halogens is 2. The van der Waals surface area contributed by atoms with Crippen LogP contribution in [0.2, 0.25) is 10.0 Å². The number of nitrogens with one attached hydrogen (secondary N) is 1. The minimum Gasteiger partial charge on any atom is -0.495 e. The van der Waals surface area contributed by atoms with Crippen LogP contribution in [0.5, 0.6) is 11.5 Å². The lowest BCUT2D eigenvalue weighted by molar-refractivity contribution is -0.385. The Morgan fingerprint density at radius 3 is 2.38 bits per heavy atom. The Morgan fingerprint density at radius 2 is 1.79 bits per heavy atom. The molecule has 0 aromatic heterocycles. The van der Waals surface area contributed by atoms with Crippen molar-refractivity contribution in [3.63, 3.8) is 0 Å². The third-order valence-electron chi connectivity index (χ3n) is 3.12. The molecule has 0 aliphatic rings. The molecule has 0 aliphatic heterocycles. The Bertz CT molecular complexity index is 811. The number of ether oxygens (including phenoxy) is 2. The average molecular weight is 371 g/mol. The van der Waals surface area contributed by atoms with Crippen molar-refractivity contribution in [3.8, 4) is 11.5 Å². The fourth-order valence-electron chi connectivity index (χ4n) is 2.00. The number of anilines is 1. The molecule has 0 saturated carbocycles. The number of hydrogen-bond donors (Lipinski definition) is 1. The number of benzene rings is 2. The first-order chi connectivity index (χ1) is 11.4. The molecule has 2 rings (SSSR count). The van der Waals surface area contributed by atoms with Gasteiger partial charge in [0, 0.05) is 23.2 Å². The van der Waals surface area contributed by atoms with Crippen molar-refractivity contribution >= 4 is 40.5 Å². The summed E-state index contributed by atoms with van der Waals surface area (Å²) in [7, 11) is 2.82. The van der Waals surface area contributed by atoms with Gasteiger partial charge < -0.3 is 14.8 Å². The van der Waals surface area contributed by atoms with Gasteiger partial charge in [-0.2, -0.15) is 0 Å². The molecule has 1 amide bonds. The molecule has 2 aromatic rings. The smallest absolute Gasteiger partial charge is 0.283 e. The van der Waals surface area contributed by atoms with Gasteiger partial charge in [0.15, 0.2) is 0 Å². The number of amides is 1. The van der Waals surface area contributed by atoms with E-state index in [0.29, 0.717) is 10.8 Å². The van der Waals surface area contributed by atoms with E-state index in [0.717, 1.165) is 6.07 Å². The van der Waals surface area contributed by atoms with E-state index in [2.05, 4.69) is 5.32 Å². The summed E-state index contributed by atoms with van der Waals surface area (Å²) in [4.78, 5) is 22.8. The molecule has 0 heterocycles. The predicted molar refractivity (Wildman–Crippen MR) is 90.6 cm³/mol. The van der Waals surface area contributed by atoms with Gasteiger partial charge in [0.25, 0.3) is 11.6 Å². The summed E-state index contributed by atoms with van der Waals surface area (Å²) in [5.41, 5.74) is -0.284. The predicted octanol–water partition coefficient (Wildman–Crippen LogP) is 4.17. The highest BCUT2D eigenvalue weighted by atomic mass is 35.5. The van der Waals surface area contributed by atoms with Crippen LogP contribution in [0.25, 0.3) is 0 Å². The quantitative estimate of drug-likeness (QED) is 0.629. The lowest BCUT2D eigenvalue weighted by atomic mass is 10.1. The molecule has 126 valence electrons. The van der Waals surface area contributed by atoms with E-state index in [4.69, 9.17) is 32.7 Å². The fraction of sp³-hybridized carbons (Fsp3) is 0.133. The van der Waals surface area contributed by atoms with Crippen molar-refractivity contribution in [3.05, 3.63) is 56.1 Å². The van der Waals surface area contributed by atoms with Crippen LogP contribution in [0.15, 0.2) is 30.3 Å². The largest absolute Gasteiger partial charge is 0.495 e. The Hall–Kier alpha value is -2.51. The first kappa shape index (κ1) is 17.8. The number of methoxy groups -OCH3 is 2. The van der Waals surface area contributed by atoms with E-state index in [1.54, 1.807) is 0 Å². The van der Waals surface area contributed by atoms with Gasteiger partial charge in [-0.05, 0) is 12.1 Å². The van der Waals surface area contributed by atoms with E-state index >= 15 is 0 Å². The summed E-state index contributed by atoms with van der Waals surface area (Å²) in [5.74, 6) is -0.0924. The van der Waals surface area contributed by atoms with Gasteiger partial charge in [-0.25, -0.2) is 0 Å². The van der Waals surface area contributed by atoms with Crippen molar-refractivity contribution < 1.29 is 19.2 Å². The maximum Gasteiger partial charge on any atom is 0.283 e. The van der Waals surface area contributed by atoms with Crippen molar-refractivity contribution in [2.75, 3.05) is 19.5 Å². The maximum absolute atomic E-state index is 12.4. The van der Waals surface area contributed by atoms with Gasteiger partial charge in [-0.1, -0.05) is 23.2 Å². The molecule has 0 aliphatic carbocycles. The Labute approximate surface area is 147 Å². The molecule has 7 nitrogen and oxygen atoms in total. The van der Waals surface area contributed by atoms with Crippen molar-refractivity contribution in [1.82, 2.24) is 0 Å².